The molecular formula is C27H45N5O7S. The Bertz CT molecular complexity index is 1060. The lowest BCUT2D eigenvalue weighted by Crippen LogP contribution is -2.51. The number of piperidine rings is 1. The predicted octanol–water partition coefficient (Wildman–Crippen LogP) is 1.95. The predicted molar refractivity (Wildman–Crippen MR) is 151 cm³/mol. The second-order valence-corrected chi connectivity index (χ2v) is 13.8. The molecule has 1 aromatic heterocycles. The number of amides is 1. The van der Waals surface area contributed by atoms with Crippen LogP contribution in [0.5, 0.6) is 5.88 Å². The van der Waals surface area contributed by atoms with E-state index in [1.165, 1.54) is 24.1 Å². The summed E-state index contributed by atoms with van der Waals surface area (Å²) < 4.78 is 43.1. The second-order valence-electron chi connectivity index (χ2n) is 11.8. The van der Waals surface area contributed by atoms with Gasteiger partial charge in [0.2, 0.25) is 22.3 Å². The molecule has 2 aliphatic heterocycles. The summed E-state index contributed by atoms with van der Waals surface area (Å²) in [7, 11) is -1.72. The molecule has 0 bridgehead atoms. The average Bonchev–Trinajstić information content (AvgIpc) is 3.69. The summed E-state index contributed by atoms with van der Waals surface area (Å²) in [6.45, 7) is 10.8. The zero-order valence-corrected chi connectivity index (χ0v) is 25.3. The number of sulfonamides is 1. The monoisotopic (exact) mass is 583 g/mol. The first-order valence-corrected chi connectivity index (χ1v) is 15.5. The zero-order valence-electron chi connectivity index (χ0n) is 24.5. The maximum Gasteiger partial charge on any atom is 0.302 e. The highest BCUT2D eigenvalue weighted by molar-refractivity contribution is 7.89. The van der Waals surface area contributed by atoms with Gasteiger partial charge in [0.15, 0.2) is 0 Å². The first-order valence-electron chi connectivity index (χ1n) is 13.9. The summed E-state index contributed by atoms with van der Waals surface area (Å²) in [4.78, 5) is 34.4. The summed E-state index contributed by atoms with van der Waals surface area (Å²) in [5, 5.41) is 0. The highest BCUT2D eigenvalue weighted by Crippen LogP contribution is 2.37. The van der Waals surface area contributed by atoms with Crippen molar-refractivity contribution >= 4 is 28.2 Å². The van der Waals surface area contributed by atoms with Crippen molar-refractivity contribution in [2.75, 3.05) is 70.2 Å². The summed E-state index contributed by atoms with van der Waals surface area (Å²) in [5.41, 5.74) is -0.381. The molecule has 0 N–H and O–H groups in total. The molecule has 0 atom stereocenters. The Morgan fingerprint density at radius 3 is 2.23 bits per heavy atom. The first-order chi connectivity index (χ1) is 18.8. The van der Waals surface area contributed by atoms with Gasteiger partial charge in [-0.05, 0) is 38.5 Å². The fourth-order valence-corrected chi connectivity index (χ4v) is 6.45. The van der Waals surface area contributed by atoms with Gasteiger partial charge in [0.1, 0.15) is 5.82 Å². The fraction of sp³-hybridized carbons (Fsp3) is 0.778. The standard InChI is InChI=1S/C22H35N5O6S.C5H10O/c1-18(29)33-15-22(2,3)16-34(30,31)27-10-8-26(9-11-27)20-12-24-21(13-23-20)32-14-19-4-6-25(17-28)7-5-19;1-5(6-2)3-4-5/h12-13,17,19H,4-11,14-16H2,1-3H3;3-4H2,1-2H3. The number of nitrogens with zero attached hydrogens (tertiary/aromatic N) is 5. The Morgan fingerprint density at radius 2 is 1.75 bits per heavy atom. The molecule has 4 rings (SSSR count). The molecule has 3 heterocycles. The fourth-order valence-electron chi connectivity index (χ4n) is 4.47. The quantitative estimate of drug-likeness (QED) is 0.281. The van der Waals surface area contributed by atoms with Gasteiger partial charge in [-0.3, -0.25) is 9.59 Å². The lowest BCUT2D eigenvalue weighted by Gasteiger charge is -2.36. The van der Waals surface area contributed by atoms with Gasteiger partial charge in [0.25, 0.3) is 0 Å². The van der Waals surface area contributed by atoms with Gasteiger partial charge >= 0.3 is 5.97 Å². The third kappa shape index (κ3) is 10.2. The molecule has 226 valence electrons. The van der Waals surface area contributed by atoms with Crippen LogP contribution in [0, 0.1) is 11.3 Å². The molecule has 1 aliphatic carbocycles. The molecule has 2 saturated heterocycles. The molecule has 1 aromatic rings. The topological polar surface area (TPSA) is 131 Å². The molecule has 1 amide bonds. The second kappa shape index (κ2) is 13.9. The largest absolute Gasteiger partial charge is 0.476 e. The average molecular weight is 584 g/mol. The van der Waals surface area contributed by atoms with Crippen LogP contribution in [0.25, 0.3) is 0 Å². The number of rotatable bonds is 11. The number of esters is 1. The summed E-state index contributed by atoms with van der Waals surface area (Å²) >= 11 is 0. The number of aromatic nitrogens is 2. The molecule has 13 heteroatoms. The Hall–Kier alpha value is -2.51. The zero-order chi connectivity index (χ0) is 29.4. The molecule has 0 radical (unpaired) electrons. The minimum atomic E-state index is -3.49. The number of likely N-dealkylation sites (tertiary alicyclic amines) is 1. The molecule has 1 saturated carbocycles. The molecular weight excluding hydrogens is 538 g/mol. The van der Waals surface area contributed by atoms with Crippen LogP contribution in [0.15, 0.2) is 12.4 Å². The number of hydrogen-bond acceptors (Lipinski definition) is 10. The maximum absolute atomic E-state index is 12.9. The maximum atomic E-state index is 12.9. The van der Waals surface area contributed by atoms with Crippen molar-refractivity contribution in [1.29, 1.82) is 0 Å². The Kier molecular flexibility index (Phi) is 11.1. The highest BCUT2D eigenvalue weighted by atomic mass is 32.2. The van der Waals surface area contributed by atoms with E-state index >= 15 is 0 Å². The van der Waals surface area contributed by atoms with Crippen molar-refractivity contribution in [3.05, 3.63) is 12.4 Å². The van der Waals surface area contributed by atoms with Crippen molar-refractivity contribution in [3.8, 4) is 5.88 Å². The number of anilines is 1. The van der Waals surface area contributed by atoms with E-state index in [9.17, 15) is 18.0 Å². The summed E-state index contributed by atoms with van der Waals surface area (Å²) in [6, 6.07) is 0. The normalized spacial score (nSPS) is 19.8. The van der Waals surface area contributed by atoms with Crippen LogP contribution in [-0.4, -0.2) is 111 Å². The van der Waals surface area contributed by atoms with Crippen molar-refractivity contribution in [2.45, 2.75) is 59.0 Å². The summed E-state index contributed by atoms with van der Waals surface area (Å²) in [6.07, 6.45) is 8.47. The third-order valence-electron chi connectivity index (χ3n) is 7.52. The molecule has 0 spiro atoms. The molecule has 3 fully saturated rings. The van der Waals surface area contributed by atoms with E-state index in [4.69, 9.17) is 14.2 Å². The van der Waals surface area contributed by atoms with E-state index in [1.54, 1.807) is 38.3 Å². The number of piperazine rings is 1. The molecule has 0 aromatic carbocycles. The van der Waals surface area contributed by atoms with Gasteiger partial charge in [-0.1, -0.05) is 13.8 Å². The van der Waals surface area contributed by atoms with Crippen molar-refractivity contribution < 1.29 is 32.2 Å². The number of methoxy groups -OCH3 is 1. The van der Waals surface area contributed by atoms with E-state index in [0.717, 1.165) is 32.3 Å². The van der Waals surface area contributed by atoms with Gasteiger partial charge < -0.3 is 24.0 Å². The van der Waals surface area contributed by atoms with Crippen LogP contribution < -0.4 is 9.64 Å². The van der Waals surface area contributed by atoms with Crippen LogP contribution in [0.4, 0.5) is 5.82 Å². The van der Waals surface area contributed by atoms with Gasteiger partial charge in [-0.25, -0.2) is 18.4 Å². The van der Waals surface area contributed by atoms with Gasteiger partial charge in [-0.15, -0.1) is 0 Å². The number of ether oxygens (including phenoxy) is 3. The minimum Gasteiger partial charge on any atom is -0.476 e. The minimum absolute atomic E-state index is 0.0590. The Labute approximate surface area is 238 Å². The van der Waals surface area contributed by atoms with Crippen molar-refractivity contribution in [1.82, 2.24) is 19.2 Å². The first kappa shape index (κ1) is 32.0. The Morgan fingerprint density at radius 1 is 1.10 bits per heavy atom. The number of carbonyl (C=O) groups excluding carboxylic acids is 2. The van der Waals surface area contributed by atoms with Crippen molar-refractivity contribution in [3.63, 3.8) is 0 Å². The lowest BCUT2D eigenvalue weighted by molar-refractivity contribution is -0.143. The number of hydrogen-bond donors (Lipinski definition) is 0. The van der Waals surface area contributed by atoms with E-state index in [1.807, 2.05) is 4.90 Å². The molecule has 0 unspecified atom stereocenters. The van der Waals surface area contributed by atoms with E-state index in [-0.39, 0.29) is 12.4 Å². The van der Waals surface area contributed by atoms with Crippen LogP contribution >= 0.6 is 0 Å². The van der Waals surface area contributed by atoms with Crippen LogP contribution in [-0.2, 0) is 29.1 Å². The van der Waals surface area contributed by atoms with Gasteiger partial charge in [0.05, 0.1) is 37.0 Å². The van der Waals surface area contributed by atoms with Crippen molar-refractivity contribution in [2.24, 2.45) is 11.3 Å². The van der Waals surface area contributed by atoms with E-state index < -0.39 is 21.4 Å². The molecule has 12 nitrogen and oxygen atoms in total. The van der Waals surface area contributed by atoms with Crippen LogP contribution in [0.1, 0.15) is 53.4 Å². The molecule has 40 heavy (non-hydrogen) atoms. The van der Waals surface area contributed by atoms with Gasteiger partial charge in [-0.2, -0.15) is 4.31 Å². The van der Waals surface area contributed by atoms with Crippen LogP contribution in [0.3, 0.4) is 0 Å². The summed E-state index contributed by atoms with van der Waals surface area (Å²) in [5.74, 6) is 1.02. The number of carbonyl (C=O) groups is 2. The Balaban J connectivity index is 0.000000649. The third-order valence-corrected chi connectivity index (χ3v) is 9.82. The smallest absolute Gasteiger partial charge is 0.302 e. The van der Waals surface area contributed by atoms with E-state index in [0.29, 0.717) is 56.0 Å². The van der Waals surface area contributed by atoms with Gasteiger partial charge in [0, 0.05) is 58.7 Å². The molecule has 3 aliphatic rings. The van der Waals surface area contributed by atoms with E-state index in [2.05, 4.69) is 16.9 Å². The lowest BCUT2D eigenvalue weighted by atomic mass is 9.98. The van der Waals surface area contributed by atoms with Crippen LogP contribution in [0.2, 0.25) is 0 Å². The highest BCUT2D eigenvalue weighted by Gasteiger charge is 2.37. The SMILES string of the molecule is CC(=O)OCC(C)(C)CS(=O)(=O)N1CCN(c2cnc(OCC3CCN(C=O)CC3)cn2)CC1.COC1(C)CC1.